The number of carbonyl (C=O) groups is 1. The highest BCUT2D eigenvalue weighted by Gasteiger charge is 2.34. The van der Waals surface area contributed by atoms with Crippen molar-refractivity contribution in [1.82, 2.24) is 9.97 Å². The number of anilines is 1. The Morgan fingerprint density at radius 1 is 1.03 bits per heavy atom. The predicted molar refractivity (Wildman–Crippen MR) is 123 cm³/mol. The highest BCUT2D eigenvalue weighted by atomic mass is 31.2. The van der Waals surface area contributed by atoms with Crippen LogP contribution in [0.25, 0.3) is 0 Å². The Hall–Kier alpha value is -3.25. The molecule has 0 saturated carbocycles. The third-order valence-corrected chi connectivity index (χ3v) is 8.93. The van der Waals surface area contributed by atoms with Gasteiger partial charge in [-0.3, -0.25) is 9.79 Å². The van der Waals surface area contributed by atoms with Crippen molar-refractivity contribution in [2.75, 3.05) is 36.9 Å². The van der Waals surface area contributed by atoms with E-state index in [0.29, 0.717) is 19.0 Å². The molecule has 1 saturated heterocycles. The molecule has 33 heavy (non-hydrogen) atoms. The van der Waals surface area contributed by atoms with E-state index >= 15 is 0 Å². The summed E-state index contributed by atoms with van der Waals surface area (Å²) in [7, 11) is -3.16. The molecule has 0 aliphatic carbocycles. The molecule has 9 heteroatoms. The van der Waals surface area contributed by atoms with E-state index in [0.717, 1.165) is 18.2 Å². The van der Waals surface area contributed by atoms with Gasteiger partial charge < -0.3 is 9.46 Å². The molecule has 0 unspecified atom stereocenters. The van der Waals surface area contributed by atoms with Crippen LogP contribution in [0.15, 0.2) is 59.9 Å². The summed E-state index contributed by atoms with van der Waals surface area (Å²) in [6, 6.07) is 8.96. The van der Waals surface area contributed by atoms with Crippen LogP contribution in [0, 0.1) is 11.6 Å². The van der Waals surface area contributed by atoms with E-state index in [4.69, 9.17) is 2.74 Å². The lowest BCUT2D eigenvalue weighted by atomic mass is 9.93. The van der Waals surface area contributed by atoms with Gasteiger partial charge in [0.2, 0.25) is 5.95 Å². The third-order valence-electron chi connectivity index (χ3n) is 5.86. The average Bonchev–Trinajstić information content (AvgIpc) is 2.85. The molecule has 3 heterocycles. The first kappa shape index (κ1) is 19.2. The number of aromatic nitrogens is 2. The molecule has 0 radical (unpaired) electrons. The van der Waals surface area contributed by atoms with Gasteiger partial charge in [0.15, 0.2) is 5.78 Å². The third kappa shape index (κ3) is 4.23. The van der Waals surface area contributed by atoms with Crippen LogP contribution in [0.5, 0.6) is 0 Å². The van der Waals surface area contributed by atoms with E-state index in [9.17, 15) is 18.1 Å². The maximum absolute atomic E-state index is 14.9. The molecule has 2 aromatic carbocycles. The van der Waals surface area contributed by atoms with Crippen LogP contribution >= 0.6 is 7.14 Å². The summed E-state index contributed by atoms with van der Waals surface area (Å²) in [5.74, 6) is -1.14. The number of nitrogens with zero attached hydrogens (tertiary/aromatic N) is 4. The number of hydrogen-bond donors (Lipinski definition) is 0. The van der Waals surface area contributed by atoms with Gasteiger partial charge in [-0.25, -0.2) is 18.7 Å². The van der Waals surface area contributed by atoms with Crippen molar-refractivity contribution in [3.8, 4) is 0 Å². The van der Waals surface area contributed by atoms with Gasteiger partial charge in [0.1, 0.15) is 25.3 Å². The largest absolute Gasteiger partial charge is 0.340 e. The lowest BCUT2D eigenvalue weighted by Gasteiger charge is -2.32. The van der Waals surface area contributed by atoms with Gasteiger partial charge in [0.05, 0.1) is 0 Å². The zero-order valence-electron chi connectivity index (χ0n) is 19.5. The molecule has 0 spiro atoms. The first-order valence-electron chi connectivity index (χ1n) is 11.5. The second-order valence-electron chi connectivity index (χ2n) is 7.94. The van der Waals surface area contributed by atoms with E-state index in [-0.39, 0.29) is 46.6 Å². The fourth-order valence-electron chi connectivity index (χ4n) is 4.10. The van der Waals surface area contributed by atoms with Crippen LogP contribution < -0.4 is 10.2 Å². The number of ketones is 1. The summed E-state index contributed by atoms with van der Waals surface area (Å²) in [5, 5.41) is -0.000629. The molecule has 1 aromatic heterocycles. The Morgan fingerprint density at radius 2 is 1.79 bits per heavy atom. The Balaban J connectivity index is 1.47. The van der Waals surface area contributed by atoms with Crippen LogP contribution in [0.1, 0.15) is 24.2 Å². The lowest BCUT2D eigenvalue weighted by Crippen LogP contribution is -2.38. The van der Waals surface area contributed by atoms with Crippen molar-refractivity contribution < 1.29 is 20.9 Å². The quantitative estimate of drug-likeness (QED) is 0.548. The molecule has 0 amide bonds. The highest BCUT2D eigenvalue weighted by Crippen LogP contribution is 2.47. The normalized spacial score (nSPS) is 18.8. The molecular formula is C24H21F2N4O2P. The van der Waals surface area contributed by atoms with Gasteiger partial charge in [-0.2, -0.15) is 0 Å². The number of aliphatic imine (C=N–C) groups is 1. The number of halogens is 2. The van der Waals surface area contributed by atoms with Gasteiger partial charge >= 0.3 is 0 Å². The van der Waals surface area contributed by atoms with Crippen molar-refractivity contribution >= 4 is 29.9 Å². The van der Waals surface area contributed by atoms with Crippen LogP contribution in [-0.2, 0) is 10.9 Å². The molecule has 168 valence electrons. The van der Waals surface area contributed by atoms with E-state index in [2.05, 4.69) is 15.0 Å². The monoisotopic (exact) mass is 468 g/mol. The van der Waals surface area contributed by atoms with E-state index in [1.807, 2.05) is 4.90 Å². The van der Waals surface area contributed by atoms with Gasteiger partial charge in [-0.15, -0.1) is 0 Å². The fraction of sp³-hybridized carbons (Fsp3) is 0.250. The maximum Gasteiger partial charge on any atom is 0.225 e. The van der Waals surface area contributed by atoms with Crippen LogP contribution in [0.2, 0.25) is 0 Å². The molecule has 2 aliphatic rings. The maximum atomic E-state index is 14.9. The Bertz CT molecular complexity index is 1390. The van der Waals surface area contributed by atoms with Crippen molar-refractivity contribution in [3.05, 3.63) is 83.2 Å². The number of Topliss-reactive ketones (excluding diaryl/α,β-unsaturated/α-hetero) is 1. The number of rotatable bonds is 4. The Labute approximate surface area is 192 Å². The summed E-state index contributed by atoms with van der Waals surface area (Å²) >= 11 is 0. The van der Waals surface area contributed by atoms with Gasteiger partial charge in [0, 0.05) is 69.1 Å². The molecule has 0 bridgehead atoms. The first-order valence-corrected chi connectivity index (χ1v) is 12.6. The topological polar surface area (TPSA) is 75.5 Å². The molecule has 5 rings (SSSR count). The Morgan fingerprint density at radius 3 is 2.55 bits per heavy atom. The summed E-state index contributed by atoms with van der Waals surface area (Å²) in [5.41, 5.74) is 0.283. The molecular weight excluding hydrogens is 445 g/mol. The molecule has 1 fully saturated rings. The molecule has 2 aliphatic heterocycles. The first-order chi connectivity index (χ1) is 16.7. The summed E-state index contributed by atoms with van der Waals surface area (Å²) < 4.78 is 60.1. The number of hydrogen-bond acceptors (Lipinski definition) is 6. The SMILES string of the molecule is [2H]C([2H])(C1=NCC(=O)c2cc(F)ccc21)c1ccc(F)c(P2(=O)CCN(c3ncccn3)CC2)c1. The standard InChI is InChI=1S/C24H21F2N4O2P/c25-17-3-4-18-19(14-17)22(31)15-29-21(18)12-16-2-5-20(26)23(13-16)33(32)10-8-30(9-11-33)24-27-6-1-7-28-24/h1-7,13-14H,8-12,15H2/i12D2. The van der Waals surface area contributed by atoms with Crippen molar-refractivity contribution in [1.29, 1.82) is 0 Å². The molecule has 0 atom stereocenters. The van der Waals surface area contributed by atoms with E-state index < -0.39 is 30.9 Å². The predicted octanol–water partition coefficient (Wildman–Crippen LogP) is 3.49. The van der Waals surface area contributed by atoms with Crippen molar-refractivity contribution in [2.45, 2.75) is 6.37 Å². The van der Waals surface area contributed by atoms with Crippen molar-refractivity contribution in [2.24, 2.45) is 4.99 Å². The molecule has 3 aromatic rings. The number of fused-ring (bicyclic) bond motifs is 1. The summed E-state index contributed by atoms with van der Waals surface area (Å²) in [6.45, 7) is 0.451. The number of benzene rings is 2. The minimum atomic E-state index is -3.16. The highest BCUT2D eigenvalue weighted by molar-refractivity contribution is 7.71. The zero-order valence-corrected chi connectivity index (χ0v) is 18.4. The second-order valence-corrected chi connectivity index (χ2v) is 11.1. The van der Waals surface area contributed by atoms with E-state index in [1.54, 1.807) is 18.5 Å². The zero-order chi connectivity index (χ0) is 24.8. The molecule has 6 nitrogen and oxygen atoms in total. The van der Waals surface area contributed by atoms with Crippen molar-refractivity contribution in [3.63, 3.8) is 0 Å². The van der Waals surface area contributed by atoms with Crippen LogP contribution in [0.4, 0.5) is 14.7 Å². The van der Waals surface area contributed by atoms with E-state index in [1.165, 1.54) is 18.2 Å². The van der Waals surface area contributed by atoms with Gasteiger partial charge in [0.25, 0.3) is 0 Å². The second kappa shape index (κ2) is 8.60. The smallest absolute Gasteiger partial charge is 0.225 e. The fourth-order valence-corrected chi connectivity index (χ4v) is 6.78. The lowest BCUT2D eigenvalue weighted by molar-refractivity contribution is 0.0999. The van der Waals surface area contributed by atoms with Crippen LogP contribution in [-0.4, -0.2) is 53.4 Å². The van der Waals surface area contributed by atoms with Gasteiger partial charge in [-0.05, 0) is 42.0 Å². The average molecular weight is 468 g/mol. The minimum Gasteiger partial charge on any atom is -0.340 e. The summed E-state index contributed by atoms with van der Waals surface area (Å²) in [6.07, 6.45) is 1.42. The van der Waals surface area contributed by atoms with Crippen LogP contribution in [0.3, 0.4) is 0 Å². The molecule has 0 N–H and O–H groups in total. The van der Waals surface area contributed by atoms with Gasteiger partial charge in [-0.1, -0.05) is 6.07 Å². The minimum absolute atomic E-state index is 0.000629. The Kier molecular flexibility index (Phi) is 5.01. The summed E-state index contributed by atoms with van der Waals surface area (Å²) in [4.78, 5) is 26.7. The number of carbonyl (C=O) groups excluding carboxylic acids is 1.